The summed E-state index contributed by atoms with van der Waals surface area (Å²) in [7, 11) is 2.94. The van der Waals surface area contributed by atoms with Crippen LogP contribution >= 0.6 is 11.6 Å². The van der Waals surface area contributed by atoms with Crippen molar-refractivity contribution in [2.24, 2.45) is 0 Å². The van der Waals surface area contributed by atoms with Crippen molar-refractivity contribution >= 4 is 40.1 Å². The van der Waals surface area contributed by atoms with Gasteiger partial charge in [-0.15, -0.1) is 5.10 Å². The van der Waals surface area contributed by atoms with Crippen molar-refractivity contribution in [2.45, 2.75) is 19.0 Å². The van der Waals surface area contributed by atoms with Crippen molar-refractivity contribution in [3.63, 3.8) is 0 Å². The van der Waals surface area contributed by atoms with Crippen molar-refractivity contribution in [1.82, 2.24) is 19.7 Å². The summed E-state index contributed by atoms with van der Waals surface area (Å²) in [5, 5.41) is 5.86. The maximum absolute atomic E-state index is 13.1. The van der Waals surface area contributed by atoms with Crippen LogP contribution in [-0.2, 0) is 22.4 Å². The molecule has 1 amide bonds. The molecule has 0 radical (unpaired) electrons. The molecule has 0 spiro atoms. The highest BCUT2D eigenvalue weighted by Gasteiger charge is 2.35. The van der Waals surface area contributed by atoms with E-state index in [-0.39, 0.29) is 18.5 Å². The third-order valence-corrected chi connectivity index (χ3v) is 6.97. The van der Waals surface area contributed by atoms with E-state index in [0.29, 0.717) is 53.9 Å². The van der Waals surface area contributed by atoms with Crippen molar-refractivity contribution in [1.29, 1.82) is 0 Å². The summed E-state index contributed by atoms with van der Waals surface area (Å²) in [5.41, 5.74) is 10.0. The Morgan fingerprint density at radius 1 is 1.21 bits per heavy atom. The summed E-state index contributed by atoms with van der Waals surface area (Å²) in [6, 6.07) is 13.0. The fourth-order valence-electron chi connectivity index (χ4n) is 4.89. The van der Waals surface area contributed by atoms with Crippen LogP contribution in [-0.4, -0.2) is 71.0 Å². The second-order valence-electron chi connectivity index (χ2n) is 9.24. The Kier molecular flexibility index (Phi) is 7.71. The van der Waals surface area contributed by atoms with Crippen LogP contribution in [0.1, 0.15) is 22.9 Å². The number of carbonyl (C=O) groups excluding carboxylic acids is 1. The molecule has 204 valence electrons. The minimum Gasteiger partial charge on any atom is -0.492 e. The first-order valence-corrected chi connectivity index (χ1v) is 12.9. The molecular formula is C27H30ClN6O5+. The molecule has 0 saturated heterocycles. The predicted molar refractivity (Wildman–Crippen MR) is 147 cm³/mol. The number of nitrogens with two attached hydrogens (primary N) is 1. The Bertz CT molecular complexity index is 1500. The fourth-order valence-corrected chi connectivity index (χ4v) is 5.06. The van der Waals surface area contributed by atoms with Crippen molar-refractivity contribution in [3.8, 4) is 5.75 Å². The maximum Gasteiger partial charge on any atom is 0.410 e. The average Bonchev–Trinajstić information content (AvgIpc) is 3.48. The molecule has 4 aromatic rings. The lowest BCUT2D eigenvalue weighted by Gasteiger charge is -2.35. The number of hydrogen-bond donors (Lipinski definition) is 2. The molecule has 0 bridgehead atoms. The number of hydrogen-bond acceptors (Lipinski definition) is 7. The molecule has 0 aliphatic carbocycles. The summed E-state index contributed by atoms with van der Waals surface area (Å²) in [5.74, 6) is 0.835. The van der Waals surface area contributed by atoms with Crippen LogP contribution in [0.2, 0.25) is 5.02 Å². The summed E-state index contributed by atoms with van der Waals surface area (Å²) < 4.78 is 18.7. The van der Waals surface area contributed by atoms with Gasteiger partial charge < -0.3 is 24.9 Å². The topological polar surface area (TPSA) is 128 Å². The molecule has 2 aromatic carbocycles. The van der Waals surface area contributed by atoms with E-state index in [9.17, 15) is 9.70 Å². The van der Waals surface area contributed by atoms with Gasteiger partial charge in [0.2, 0.25) is 5.82 Å². The predicted octanol–water partition coefficient (Wildman–Crippen LogP) is 4.45. The number of aromatic nitrogens is 3. The van der Waals surface area contributed by atoms with E-state index < -0.39 is 6.09 Å². The Labute approximate surface area is 229 Å². The zero-order valence-electron chi connectivity index (χ0n) is 21.7. The van der Waals surface area contributed by atoms with Gasteiger partial charge in [0.05, 0.1) is 13.2 Å². The lowest BCUT2D eigenvalue weighted by atomic mass is 9.92. The molecule has 0 fully saturated rings. The zero-order valence-corrected chi connectivity index (χ0v) is 22.5. The summed E-state index contributed by atoms with van der Waals surface area (Å²) >= 11 is 6.29. The van der Waals surface area contributed by atoms with E-state index in [4.69, 9.17) is 31.5 Å². The van der Waals surface area contributed by atoms with E-state index in [1.54, 1.807) is 22.9 Å². The van der Waals surface area contributed by atoms with Crippen molar-refractivity contribution in [2.75, 3.05) is 46.3 Å². The summed E-state index contributed by atoms with van der Waals surface area (Å²) in [4.78, 5) is 29.9. The number of nitrogen functional groups attached to an aromatic ring is 1. The number of ether oxygens (including phenoxy) is 3. The summed E-state index contributed by atoms with van der Waals surface area (Å²) in [6.07, 6.45) is 1.86. The van der Waals surface area contributed by atoms with Gasteiger partial charge in [-0.2, -0.15) is 0 Å². The molecule has 0 saturated carbocycles. The maximum atomic E-state index is 13.1. The lowest BCUT2D eigenvalue weighted by Crippen LogP contribution is -2.41. The number of anilines is 1. The molecule has 39 heavy (non-hydrogen) atoms. The molecule has 2 aromatic heterocycles. The molecule has 1 atom stereocenters. The molecule has 3 N–H and O–H groups in total. The Balaban J connectivity index is 1.36. The van der Waals surface area contributed by atoms with Crippen molar-refractivity contribution in [3.05, 3.63) is 75.4 Å². The lowest BCUT2D eigenvalue weighted by molar-refractivity contribution is -0.427. The number of amides is 1. The van der Waals surface area contributed by atoms with E-state index >= 15 is 0 Å². The van der Waals surface area contributed by atoms with Crippen LogP contribution in [0.5, 0.6) is 5.75 Å². The van der Waals surface area contributed by atoms with Crippen LogP contribution in [0, 0.1) is 4.91 Å². The number of rotatable bonds is 9. The van der Waals surface area contributed by atoms with E-state index in [1.807, 2.05) is 42.5 Å². The number of H-pyrrole nitrogens is 1. The largest absolute Gasteiger partial charge is 0.492 e. The molecule has 1 aliphatic rings. The first-order valence-electron chi connectivity index (χ1n) is 12.5. The van der Waals surface area contributed by atoms with Gasteiger partial charge in [0, 0.05) is 44.9 Å². The molecular weight excluding hydrogens is 524 g/mol. The minimum absolute atomic E-state index is 0.174. The molecule has 11 nitrogen and oxygen atoms in total. The van der Waals surface area contributed by atoms with Gasteiger partial charge in [-0.1, -0.05) is 23.7 Å². The minimum atomic E-state index is -0.402. The van der Waals surface area contributed by atoms with E-state index in [1.165, 1.54) is 7.05 Å². The molecule has 12 heteroatoms. The first-order chi connectivity index (χ1) is 18.9. The van der Waals surface area contributed by atoms with Crippen LogP contribution in [0.15, 0.2) is 48.7 Å². The van der Waals surface area contributed by atoms with Gasteiger partial charge in [-0.05, 0) is 47.9 Å². The van der Waals surface area contributed by atoms with Crippen molar-refractivity contribution < 1.29 is 23.8 Å². The number of fused-ring (bicyclic) bond motifs is 3. The number of aromatic amines is 1. The number of nitrogens with one attached hydrogen (secondary N) is 1. The number of benzene rings is 2. The molecule has 1 unspecified atom stereocenters. The number of methoxy groups -OCH3 is 1. The highest BCUT2D eigenvalue weighted by molar-refractivity contribution is 6.31. The smallest absolute Gasteiger partial charge is 0.410 e. The number of nitrogens with zero attached hydrogens (tertiary/aromatic N) is 4. The zero-order chi connectivity index (χ0) is 27.5. The number of nitroso groups, excluding NO2 is 1. The van der Waals surface area contributed by atoms with Gasteiger partial charge in [0.25, 0.3) is 0 Å². The van der Waals surface area contributed by atoms with Gasteiger partial charge in [-0.3, -0.25) is 9.58 Å². The number of halogens is 1. The normalized spacial score (nSPS) is 14.8. The van der Waals surface area contributed by atoms with Crippen LogP contribution in [0.3, 0.4) is 0 Å². The van der Waals surface area contributed by atoms with Crippen LogP contribution < -0.4 is 10.5 Å². The average molecular weight is 554 g/mol. The van der Waals surface area contributed by atoms with E-state index in [0.717, 1.165) is 27.7 Å². The SMILES string of the molecule is COCCOC(=O)N1CCc2c([nH]c3ccc(Cl)cc23)C1c1ccc(OCCn2cc([N+](C)=O)c(N)n2)cc1. The number of carbonyl (C=O) groups is 1. The third-order valence-electron chi connectivity index (χ3n) is 6.73. The van der Waals surface area contributed by atoms with Crippen LogP contribution in [0.4, 0.5) is 16.3 Å². The second-order valence-corrected chi connectivity index (χ2v) is 9.67. The van der Waals surface area contributed by atoms with Gasteiger partial charge in [0.15, 0.2) is 7.05 Å². The standard InChI is InChI=1S/C27H30ClN6O5/c1-32(36)23-16-33(31-26(23)29)11-12-38-19-6-3-17(4-7-19)25-24-20(21-15-18(28)5-8-22(21)30-24)9-10-34(25)27(35)39-14-13-37-2/h3-8,15-16,25,30H,9-14H2,1-2H3,(H2,29,31)/q+1. The highest BCUT2D eigenvalue weighted by atomic mass is 35.5. The molecule has 5 rings (SSSR count). The fraction of sp³-hybridized carbons (Fsp3) is 0.333. The Morgan fingerprint density at radius 2 is 2.00 bits per heavy atom. The van der Waals surface area contributed by atoms with Gasteiger partial charge in [0.1, 0.15) is 31.2 Å². The third kappa shape index (κ3) is 5.55. The van der Waals surface area contributed by atoms with Gasteiger partial charge >= 0.3 is 11.8 Å². The van der Waals surface area contributed by atoms with E-state index in [2.05, 4.69) is 10.1 Å². The highest BCUT2D eigenvalue weighted by Crippen LogP contribution is 2.39. The molecule has 1 aliphatic heterocycles. The Morgan fingerprint density at radius 3 is 2.72 bits per heavy atom. The Hall–Kier alpha value is -4.09. The second kappa shape index (κ2) is 11.3. The quantitative estimate of drug-likeness (QED) is 0.231. The van der Waals surface area contributed by atoms with Crippen LogP contribution in [0.25, 0.3) is 10.9 Å². The summed E-state index contributed by atoms with van der Waals surface area (Å²) in [6.45, 7) is 1.75. The first kappa shape index (κ1) is 26.5. The van der Waals surface area contributed by atoms with Gasteiger partial charge in [-0.25, -0.2) is 4.79 Å². The molecule has 3 heterocycles. The monoisotopic (exact) mass is 553 g/mol.